The number of aromatic nitrogens is 2. The Balaban J connectivity index is 2.12. The van der Waals surface area contributed by atoms with Crippen LogP contribution in [0.1, 0.15) is 18.9 Å². The lowest BCUT2D eigenvalue weighted by Crippen LogP contribution is -2.21. The van der Waals surface area contributed by atoms with Crippen LogP contribution in [0.15, 0.2) is 11.4 Å². The highest BCUT2D eigenvalue weighted by Gasteiger charge is 2.13. The van der Waals surface area contributed by atoms with Crippen molar-refractivity contribution in [1.82, 2.24) is 15.5 Å². The van der Waals surface area contributed by atoms with E-state index >= 15 is 0 Å². The van der Waals surface area contributed by atoms with Gasteiger partial charge in [0.05, 0.1) is 7.11 Å². The zero-order valence-electron chi connectivity index (χ0n) is 10.1. The largest absolute Gasteiger partial charge is 0.495 e. The molecule has 2 aromatic heterocycles. The van der Waals surface area contributed by atoms with Gasteiger partial charge in [0.15, 0.2) is 5.01 Å². The SMILES string of the molecule is COc1ccsc1-c1nnc(CNC(C)C)s1. The highest BCUT2D eigenvalue weighted by molar-refractivity contribution is 7.21. The molecule has 0 aliphatic heterocycles. The molecule has 1 N–H and O–H groups in total. The van der Waals surface area contributed by atoms with E-state index < -0.39 is 0 Å². The Morgan fingerprint density at radius 2 is 2.24 bits per heavy atom. The molecule has 0 bridgehead atoms. The first-order valence-corrected chi connectivity index (χ1v) is 7.08. The van der Waals surface area contributed by atoms with Crippen molar-refractivity contribution in [3.05, 3.63) is 16.5 Å². The predicted molar refractivity (Wildman–Crippen MR) is 71.7 cm³/mol. The monoisotopic (exact) mass is 269 g/mol. The fourth-order valence-corrected chi connectivity index (χ4v) is 3.06. The predicted octanol–water partition coefficient (Wildman–Crippen LogP) is 2.77. The lowest BCUT2D eigenvalue weighted by Gasteiger charge is -2.03. The molecule has 0 unspecified atom stereocenters. The number of hydrogen-bond acceptors (Lipinski definition) is 6. The average molecular weight is 269 g/mol. The highest BCUT2D eigenvalue weighted by atomic mass is 32.1. The quantitative estimate of drug-likeness (QED) is 0.906. The summed E-state index contributed by atoms with van der Waals surface area (Å²) < 4.78 is 5.28. The first kappa shape index (κ1) is 12.5. The van der Waals surface area contributed by atoms with Gasteiger partial charge in [-0.25, -0.2) is 0 Å². The van der Waals surface area contributed by atoms with E-state index in [0.717, 1.165) is 27.2 Å². The molecule has 4 nitrogen and oxygen atoms in total. The van der Waals surface area contributed by atoms with E-state index in [4.69, 9.17) is 4.74 Å². The molecule has 2 aromatic rings. The van der Waals surface area contributed by atoms with Gasteiger partial charge in [0.1, 0.15) is 15.6 Å². The van der Waals surface area contributed by atoms with Gasteiger partial charge < -0.3 is 10.1 Å². The molecule has 92 valence electrons. The Morgan fingerprint density at radius 3 is 2.94 bits per heavy atom. The van der Waals surface area contributed by atoms with Crippen LogP contribution in [-0.2, 0) is 6.54 Å². The minimum absolute atomic E-state index is 0.457. The van der Waals surface area contributed by atoms with E-state index in [2.05, 4.69) is 29.4 Å². The summed E-state index contributed by atoms with van der Waals surface area (Å²) in [5.41, 5.74) is 0. The number of rotatable bonds is 5. The summed E-state index contributed by atoms with van der Waals surface area (Å²) in [4.78, 5) is 1.06. The van der Waals surface area contributed by atoms with Crippen molar-refractivity contribution in [3.8, 4) is 15.6 Å². The van der Waals surface area contributed by atoms with Crippen LogP contribution in [0.4, 0.5) is 0 Å². The van der Waals surface area contributed by atoms with Gasteiger partial charge in [-0.1, -0.05) is 25.2 Å². The molecule has 2 heterocycles. The Hall–Kier alpha value is -0.980. The second-order valence-corrected chi connectivity index (χ2v) is 5.83. The van der Waals surface area contributed by atoms with Crippen molar-refractivity contribution in [2.24, 2.45) is 0 Å². The number of nitrogens with one attached hydrogen (secondary N) is 1. The van der Waals surface area contributed by atoms with Crippen LogP contribution in [-0.4, -0.2) is 23.3 Å². The minimum atomic E-state index is 0.457. The molecule has 0 fully saturated rings. The van der Waals surface area contributed by atoms with Gasteiger partial charge in [0.25, 0.3) is 0 Å². The molecule has 0 saturated heterocycles. The van der Waals surface area contributed by atoms with Crippen LogP contribution in [0.5, 0.6) is 5.75 Å². The third-order valence-electron chi connectivity index (χ3n) is 2.17. The topological polar surface area (TPSA) is 47.0 Å². The van der Waals surface area contributed by atoms with E-state index in [1.807, 2.05) is 11.4 Å². The van der Waals surface area contributed by atoms with Crippen LogP contribution in [0.3, 0.4) is 0 Å². The molecule has 0 aliphatic rings. The highest BCUT2D eigenvalue weighted by Crippen LogP contribution is 2.36. The molecule has 6 heteroatoms. The maximum Gasteiger partial charge on any atom is 0.161 e. The number of ether oxygens (including phenoxy) is 1. The summed E-state index contributed by atoms with van der Waals surface area (Å²) in [5, 5.41) is 15.6. The zero-order chi connectivity index (χ0) is 12.3. The number of nitrogens with zero attached hydrogens (tertiary/aromatic N) is 2. The third-order valence-corrected chi connectivity index (χ3v) is 4.14. The molecule has 0 saturated carbocycles. The van der Waals surface area contributed by atoms with Gasteiger partial charge in [0.2, 0.25) is 0 Å². The molecule has 0 spiro atoms. The standard InChI is InChI=1S/C11H15N3OS2/c1-7(2)12-6-9-13-14-11(17-9)10-8(15-3)4-5-16-10/h4-5,7,12H,6H2,1-3H3. The smallest absolute Gasteiger partial charge is 0.161 e. The third kappa shape index (κ3) is 3.02. The van der Waals surface area contributed by atoms with Crippen molar-refractivity contribution < 1.29 is 4.74 Å². The second kappa shape index (κ2) is 5.57. The normalized spacial score (nSPS) is 11.1. The Bertz CT molecular complexity index is 479. The van der Waals surface area contributed by atoms with E-state index in [1.54, 1.807) is 29.8 Å². The minimum Gasteiger partial charge on any atom is -0.495 e. The van der Waals surface area contributed by atoms with Gasteiger partial charge in [-0.05, 0) is 11.4 Å². The first-order chi connectivity index (χ1) is 8.20. The molecule has 0 aromatic carbocycles. The maximum absolute atomic E-state index is 5.28. The van der Waals surface area contributed by atoms with Gasteiger partial charge in [0, 0.05) is 12.6 Å². The van der Waals surface area contributed by atoms with Gasteiger partial charge in [-0.15, -0.1) is 21.5 Å². The molecular formula is C11H15N3OS2. The number of hydrogen-bond donors (Lipinski definition) is 1. The molecular weight excluding hydrogens is 254 g/mol. The maximum atomic E-state index is 5.28. The van der Waals surface area contributed by atoms with Crippen molar-refractivity contribution in [1.29, 1.82) is 0 Å². The van der Waals surface area contributed by atoms with E-state index in [1.165, 1.54) is 0 Å². The Kier molecular flexibility index (Phi) is 4.09. The number of methoxy groups -OCH3 is 1. The van der Waals surface area contributed by atoms with Crippen LogP contribution in [0, 0.1) is 0 Å². The summed E-state index contributed by atoms with van der Waals surface area (Å²) in [7, 11) is 1.67. The summed E-state index contributed by atoms with van der Waals surface area (Å²) >= 11 is 3.24. The van der Waals surface area contributed by atoms with Gasteiger partial charge >= 0.3 is 0 Å². The average Bonchev–Trinajstić information content (AvgIpc) is 2.94. The van der Waals surface area contributed by atoms with Crippen LogP contribution in [0.25, 0.3) is 9.88 Å². The first-order valence-electron chi connectivity index (χ1n) is 5.38. The summed E-state index contributed by atoms with van der Waals surface area (Å²) in [6.07, 6.45) is 0. The van der Waals surface area contributed by atoms with E-state index in [9.17, 15) is 0 Å². The zero-order valence-corrected chi connectivity index (χ0v) is 11.7. The van der Waals surface area contributed by atoms with Crippen molar-refractivity contribution >= 4 is 22.7 Å². The number of thiophene rings is 1. The van der Waals surface area contributed by atoms with Crippen LogP contribution in [0.2, 0.25) is 0 Å². The summed E-state index contributed by atoms with van der Waals surface area (Å²) in [6.45, 7) is 5.00. The Morgan fingerprint density at radius 1 is 1.41 bits per heavy atom. The molecule has 2 rings (SSSR count). The van der Waals surface area contributed by atoms with Gasteiger partial charge in [-0.3, -0.25) is 0 Å². The summed E-state index contributed by atoms with van der Waals surface area (Å²) in [6, 6.07) is 2.41. The molecule has 0 atom stereocenters. The van der Waals surface area contributed by atoms with Crippen LogP contribution < -0.4 is 10.1 Å². The summed E-state index contributed by atoms with van der Waals surface area (Å²) in [5.74, 6) is 0.870. The molecule has 0 aliphatic carbocycles. The fraction of sp³-hybridized carbons (Fsp3) is 0.455. The lowest BCUT2D eigenvalue weighted by molar-refractivity contribution is 0.418. The second-order valence-electron chi connectivity index (χ2n) is 3.85. The lowest BCUT2D eigenvalue weighted by atomic mass is 10.4. The van der Waals surface area contributed by atoms with Crippen molar-refractivity contribution in [2.45, 2.75) is 26.4 Å². The van der Waals surface area contributed by atoms with E-state index in [-0.39, 0.29) is 0 Å². The van der Waals surface area contributed by atoms with Crippen molar-refractivity contribution in [2.75, 3.05) is 7.11 Å². The van der Waals surface area contributed by atoms with Crippen LogP contribution >= 0.6 is 22.7 Å². The molecule has 0 radical (unpaired) electrons. The fourth-order valence-electron chi connectivity index (χ4n) is 1.32. The van der Waals surface area contributed by atoms with Crippen molar-refractivity contribution in [3.63, 3.8) is 0 Å². The van der Waals surface area contributed by atoms with Gasteiger partial charge in [-0.2, -0.15) is 0 Å². The molecule has 17 heavy (non-hydrogen) atoms. The molecule has 0 amide bonds. The Labute approximate surface area is 109 Å². The van der Waals surface area contributed by atoms with E-state index in [0.29, 0.717) is 6.04 Å².